The van der Waals surface area contributed by atoms with Gasteiger partial charge < -0.3 is 14.2 Å². The Morgan fingerprint density at radius 1 is 1.06 bits per heavy atom. The maximum Gasteiger partial charge on any atom is 0.413 e. The predicted octanol–water partition coefficient (Wildman–Crippen LogP) is 5.65. The number of rotatable bonds is 6. The quantitative estimate of drug-likeness (QED) is 0.522. The first-order valence-electron chi connectivity index (χ1n) is 11.8. The number of benzene rings is 2. The molecular formula is C28H34N2O6. The van der Waals surface area contributed by atoms with Crippen molar-refractivity contribution in [3.8, 4) is 0 Å². The molecule has 8 heteroatoms. The third kappa shape index (κ3) is 6.95. The van der Waals surface area contributed by atoms with Gasteiger partial charge in [0.15, 0.2) is 5.78 Å². The molecule has 1 heterocycles. The van der Waals surface area contributed by atoms with Gasteiger partial charge in [-0.05, 0) is 64.0 Å². The second-order valence-electron chi connectivity index (χ2n) is 10.1. The summed E-state index contributed by atoms with van der Waals surface area (Å²) < 4.78 is 16.6. The lowest BCUT2D eigenvalue weighted by atomic mass is 10.0. The maximum absolute atomic E-state index is 13.2. The Morgan fingerprint density at radius 2 is 1.69 bits per heavy atom. The summed E-state index contributed by atoms with van der Waals surface area (Å²) in [6.07, 6.45) is 1.82. The molecule has 36 heavy (non-hydrogen) atoms. The van der Waals surface area contributed by atoms with Crippen LogP contribution in [0.3, 0.4) is 0 Å². The molecule has 8 nitrogen and oxygen atoms in total. The number of nitrogens with one attached hydrogen (secondary N) is 1. The third-order valence-corrected chi connectivity index (χ3v) is 5.57. The molecule has 1 N–H and O–H groups in total. The van der Waals surface area contributed by atoms with Crippen molar-refractivity contribution in [2.75, 3.05) is 12.4 Å². The number of hydrogen-bond donors (Lipinski definition) is 1. The second kappa shape index (κ2) is 11.0. The van der Waals surface area contributed by atoms with E-state index in [1.807, 2.05) is 65.0 Å². The zero-order chi connectivity index (χ0) is 26.5. The van der Waals surface area contributed by atoms with Gasteiger partial charge in [-0.3, -0.25) is 15.0 Å². The van der Waals surface area contributed by atoms with Gasteiger partial charge in [0.25, 0.3) is 0 Å². The van der Waals surface area contributed by atoms with Gasteiger partial charge in [-0.2, -0.15) is 0 Å². The highest BCUT2D eigenvalue weighted by Crippen LogP contribution is 2.42. The number of methoxy groups -OCH3 is 1. The molecule has 0 spiro atoms. The molecule has 0 bridgehead atoms. The fourth-order valence-corrected chi connectivity index (χ4v) is 4.02. The standard InChI is InChI=1S/C28H34N2O6/c1-27(2,3)36-26(33)30-23(24(35-28(30,4)5)20-10-8-7-9-11-20)17-16-22(31)18-19-12-14-21(15-13-19)29-25(32)34-6/h7-17,23-24H,18H2,1-6H3,(H,29,32)/b17-16+/t23-,24?/m1/s1. The molecule has 2 aromatic carbocycles. The molecule has 2 amide bonds. The Hall–Kier alpha value is -3.65. The summed E-state index contributed by atoms with van der Waals surface area (Å²) >= 11 is 0. The average Bonchev–Trinajstić information content (AvgIpc) is 3.08. The first-order chi connectivity index (χ1) is 16.9. The van der Waals surface area contributed by atoms with Crippen LogP contribution in [0.1, 0.15) is 51.8 Å². The highest BCUT2D eigenvalue weighted by molar-refractivity contribution is 5.91. The number of hydrogen-bond acceptors (Lipinski definition) is 6. The van der Waals surface area contributed by atoms with Crippen molar-refractivity contribution in [3.63, 3.8) is 0 Å². The van der Waals surface area contributed by atoms with Crippen LogP contribution in [-0.4, -0.2) is 47.3 Å². The van der Waals surface area contributed by atoms with Gasteiger partial charge in [-0.15, -0.1) is 0 Å². The zero-order valence-electron chi connectivity index (χ0n) is 21.6. The fraction of sp³-hybridized carbons (Fsp3) is 0.393. The monoisotopic (exact) mass is 494 g/mol. The number of amides is 2. The van der Waals surface area contributed by atoms with Crippen molar-refractivity contribution in [1.29, 1.82) is 0 Å². The van der Waals surface area contributed by atoms with Crippen molar-refractivity contribution < 1.29 is 28.6 Å². The van der Waals surface area contributed by atoms with E-state index in [0.717, 1.165) is 11.1 Å². The second-order valence-corrected chi connectivity index (χ2v) is 10.1. The molecule has 0 saturated carbocycles. The number of nitrogens with zero attached hydrogens (tertiary/aromatic N) is 1. The molecule has 1 aliphatic rings. The Balaban J connectivity index is 1.81. The van der Waals surface area contributed by atoms with E-state index in [0.29, 0.717) is 5.69 Å². The first-order valence-corrected chi connectivity index (χ1v) is 11.8. The van der Waals surface area contributed by atoms with Gasteiger partial charge in [0.05, 0.1) is 13.2 Å². The molecule has 3 rings (SSSR count). The zero-order valence-corrected chi connectivity index (χ0v) is 21.6. The number of carbonyl (C=O) groups excluding carboxylic acids is 3. The minimum atomic E-state index is -0.955. The van der Waals surface area contributed by atoms with Crippen molar-refractivity contribution in [2.24, 2.45) is 0 Å². The maximum atomic E-state index is 13.2. The Labute approximate surface area is 212 Å². The topological polar surface area (TPSA) is 94.2 Å². The number of carbonyl (C=O) groups is 3. The van der Waals surface area contributed by atoms with E-state index in [9.17, 15) is 14.4 Å². The molecule has 0 radical (unpaired) electrons. The van der Waals surface area contributed by atoms with Crippen molar-refractivity contribution in [2.45, 2.75) is 64.5 Å². The normalized spacial score (nSPS) is 19.2. The van der Waals surface area contributed by atoms with Crippen LogP contribution in [0.15, 0.2) is 66.7 Å². The fourth-order valence-electron chi connectivity index (χ4n) is 4.02. The Bertz CT molecular complexity index is 1100. The van der Waals surface area contributed by atoms with Crippen LogP contribution in [-0.2, 0) is 25.4 Å². The summed E-state index contributed by atoms with van der Waals surface area (Å²) in [5.41, 5.74) is 0.608. The highest BCUT2D eigenvalue weighted by atomic mass is 16.6. The van der Waals surface area contributed by atoms with Gasteiger partial charge in [0.2, 0.25) is 0 Å². The van der Waals surface area contributed by atoms with E-state index >= 15 is 0 Å². The highest BCUT2D eigenvalue weighted by Gasteiger charge is 2.50. The predicted molar refractivity (Wildman–Crippen MR) is 137 cm³/mol. The SMILES string of the molecule is COC(=O)Nc1ccc(CC(=O)/C=C/[C@@H]2C(c3ccccc3)OC(C)(C)N2C(=O)OC(C)(C)C)cc1. The summed E-state index contributed by atoms with van der Waals surface area (Å²) in [7, 11) is 1.29. The van der Waals surface area contributed by atoms with Crippen LogP contribution < -0.4 is 5.32 Å². The number of ketones is 1. The Morgan fingerprint density at radius 3 is 2.28 bits per heavy atom. The van der Waals surface area contributed by atoms with Gasteiger partial charge in [-0.1, -0.05) is 48.5 Å². The van der Waals surface area contributed by atoms with Gasteiger partial charge in [-0.25, -0.2) is 9.59 Å². The van der Waals surface area contributed by atoms with Crippen LogP contribution in [0.25, 0.3) is 0 Å². The molecule has 1 aliphatic heterocycles. The van der Waals surface area contributed by atoms with Gasteiger partial charge in [0.1, 0.15) is 17.4 Å². The lowest BCUT2D eigenvalue weighted by molar-refractivity contribution is -0.114. The molecule has 0 aliphatic carbocycles. The summed E-state index contributed by atoms with van der Waals surface area (Å²) in [6.45, 7) is 9.05. The van der Waals surface area contributed by atoms with Crippen LogP contribution >= 0.6 is 0 Å². The molecule has 1 saturated heterocycles. The molecule has 1 fully saturated rings. The minimum Gasteiger partial charge on any atom is -0.453 e. The number of ether oxygens (including phenoxy) is 3. The van der Waals surface area contributed by atoms with Gasteiger partial charge in [0, 0.05) is 12.1 Å². The molecule has 2 atom stereocenters. The van der Waals surface area contributed by atoms with E-state index in [1.54, 1.807) is 35.2 Å². The molecule has 0 aromatic heterocycles. The minimum absolute atomic E-state index is 0.135. The van der Waals surface area contributed by atoms with Crippen LogP contribution in [0.2, 0.25) is 0 Å². The van der Waals surface area contributed by atoms with Crippen molar-refractivity contribution in [3.05, 3.63) is 77.9 Å². The smallest absolute Gasteiger partial charge is 0.413 e. The van der Waals surface area contributed by atoms with E-state index in [-0.39, 0.29) is 12.2 Å². The lowest BCUT2D eigenvalue weighted by Gasteiger charge is -2.34. The lowest BCUT2D eigenvalue weighted by Crippen LogP contribution is -2.49. The first kappa shape index (κ1) is 26.9. The molecular weight excluding hydrogens is 460 g/mol. The molecule has 2 aromatic rings. The summed E-state index contributed by atoms with van der Waals surface area (Å²) in [4.78, 5) is 38.9. The van der Waals surface area contributed by atoms with Crippen LogP contribution in [0.4, 0.5) is 15.3 Å². The van der Waals surface area contributed by atoms with E-state index in [4.69, 9.17) is 9.47 Å². The summed E-state index contributed by atoms with van der Waals surface area (Å²) in [5.74, 6) is -0.135. The van der Waals surface area contributed by atoms with E-state index in [1.165, 1.54) is 13.2 Å². The largest absolute Gasteiger partial charge is 0.453 e. The third-order valence-electron chi connectivity index (χ3n) is 5.57. The van der Waals surface area contributed by atoms with Crippen molar-refractivity contribution >= 4 is 23.7 Å². The van der Waals surface area contributed by atoms with Gasteiger partial charge >= 0.3 is 12.2 Å². The van der Waals surface area contributed by atoms with E-state index in [2.05, 4.69) is 10.1 Å². The number of anilines is 1. The molecule has 192 valence electrons. The number of allylic oxidation sites excluding steroid dienone is 1. The van der Waals surface area contributed by atoms with Crippen LogP contribution in [0, 0.1) is 0 Å². The Kier molecular flexibility index (Phi) is 8.20. The average molecular weight is 495 g/mol. The summed E-state index contributed by atoms with van der Waals surface area (Å²) in [5, 5.41) is 2.57. The van der Waals surface area contributed by atoms with E-state index < -0.39 is 35.7 Å². The molecule has 1 unspecified atom stereocenters. The summed E-state index contributed by atoms with van der Waals surface area (Å²) in [6, 6.07) is 16.0. The van der Waals surface area contributed by atoms with Crippen molar-refractivity contribution in [1.82, 2.24) is 4.90 Å². The van der Waals surface area contributed by atoms with Crippen LogP contribution in [0.5, 0.6) is 0 Å².